The third kappa shape index (κ3) is 4.56. The van der Waals surface area contributed by atoms with Crippen LogP contribution in [-0.4, -0.2) is 42.0 Å². The molecule has 0 radical (unpaired) electrons. The number of benzene rings is 1. The van der Waals surface area contributed by atoms with Gasteiger partial charge in [0.15, 0.2) is 0 Å². The van der Waals surface area contributed by atoms with Gasteiger partial charge in [0, 0.05) is 31.3 Å². The van der Waals surface area contributed by atoms with Crippen LogP contribution in [0, 0.1) is 10.1 Å². The lowest BCUT2D eigenvalue weighted by atomic mass is 10.1. The van der Waals surface area contributed by atoms with Gasteiger partial charge in [0.2, 0.25) is 0 Å². The standard InChI is InChI=1S/C13H16Cl2N2O4/c1-3-16(5-6-21-4-2)13(18)9-7-10(14)12(15)11(8-9)17(19)20/h7-8H,3-6H2,1-2H3. The number of carbonyl (C=O) groups is 1. The molecule has 0 unspecified atom stereocenters. The van der Waals surface area contributed by atoms with Crippen molar-refractivity contribution in [2.75, 3.05) is 26.3 Å². The molecule has 0 atom stereocenters. The largest absolute Gasteiger partial charge is 0.380 e. The number of amides is 1. The molecule has 0 spiro atoms. The molecule has 6 nitrogen and oxygen atoms in total. The van der Waals surface area contributed by atoms with Crippen LogP contribution in [0.3, 0.4) is 0 Å². The Morgan fingerprint density at radius 3 is 2.57 bits per heavy atom. The Bertz CT molecular complexity index is 537. The zero-order chi connectivity index (χ0) is 16.0. The van der Waals surface area contributed by atoms with Crippen LogP contribution in [0.1, 0.15) is 24.2 Å². The van der Waals surface area contributed by atoms with E-state index in [2.05, 4.69) is 0 Å². The molecule has 0 bridgehead atoms. The molecule has 0 aromatic heterocycles. The molecule has 0 fully saturated rings. The number of ether oxygens (including phenoxy) is 1. The maximum absolute atomic E-state index is 12.4. The lowest BCUT2D eigenvalue weighted by Crippen LogP contribution is -2.34. The summed E-state index contributed by atoms with van der Waals surface area (Å²) >= 11 is 11.6. The summed E-state index contributed by atoms with van der Waals surface area (Å²) in [7, 11) is 0. The molecule has 1 aromatic carbocycles. The Morgan fingerprint density at radius 1 is 1.38 bits per heavy atom. The number of nitro groups is 1. The van der Waals surface area contributed by atoms with E-state index >= 15 is 0 Å². The average molecular weight is 335 g/mol. The molecule has 8 heteroatoms. The maximum atomic E-state index is 12.4. The average Bonchev–Trinajstić information content (AvgIpc) is 2.45. The topological polar surface area (TPSA) is 72.7 Å². The van der Waals surface area contributed by atoms with E-state index in [4.69, 9.17) is 27.9 Å². The Morgan fingerprint density at radius 2 is 2.05 bits per heavy atom. The molecule has 0 aliphatic carbocycles. The van der Waals surface area contributed by atoms with Crippen LogP contribution >= 0.6 is 23.2 Å². The molecule has 0 saturated carbocycles. The molecule has 116 valence electrons. The van der Waals surface area contributed by atoms with Gasteiger partial charge in [-0.1, -0.05) is 23.2 Å². The van der Waals surface area contributed by atoms with E-state index in [0.29, 0.717) is 26.3 Å². The van der Waals surface area contributed by atoms with Crippen molar-refractivity contribution in [3.8, 4) is 0 Å². The summed E-state index contributed by atoms with van der Waals surface area (Å²) in [5.74, 6) is -0.348. The van der Waals surface area contributed by atoms with Crippen molar-refractivity contribution in [3.05, 3.63) is 37.9 Å². The second-order valence-corrected chi connectivity index (χ2v) is 4.92. The van der Waals surface area contributed by atoms with E-state index in [1.54, 1.807) is 0 Å². The number of carbonyl (C=O) groups excluding carboxylic acids is 1. The molecule has 0 saturated heterocycles. The van der Waals surface area contributed by atoms with Gasteiger partial charge >= 0.3 is 0 Å². The highest BCUT2D eigenvalue weighted by atomic mass is 35.5. The maximum Gasteiger partial charge on any atom is 0.290 e. The van der Waals surface area contributed by atoms with E-state index in [0.717, 1.165) is 6.07 Å². The second kappa shape index (κ2) is 8.17. The van der Waals surface area contributed by atoms with E-state index < -0.39 is 4.92 Å². The van der Waals surface area contributed by atoms with Gasteiger partial charge in [-0.15, -0.1) is 0 Å². The fourth-order valence-electron chi connectivity index (χ4n) is 1.74. The van der Waals surface area contributed by atoms with Crippen molar-refractivity contribution in [1.29, 1.82) is 0 Å². The number of nitrogens with zero attached hydrogens (tertiary/aromatic N) is 2. The van der Waals surface area contributed by atoms with Crippen LogP contribution in [0.2, 0.25) is 10.0 Å². The van der Waals surface area contributed by atoms with Gasteiger partial charge in [-0.05, 0) is 19.9 Å². The van der Waals surface area contributed by atoms with Gasteiger partial charge in [0.05, 0.1) is 16.6 Å². The summed E-state index contributed by atoms with van der Waals surface area (Å²) < 4.78 is 5.21. The molecule has 0 aliphatic rings. The quantitative estimate of drug-likeness (QED) is 0.435. The van der Waals surface area contributed by atoms with Crippen LogP contribution in [0.15, 0.2) is 12.1 Å². The number of nitro benzene ring substituents is 1. The molecule has 0 aliphatic heterocycles. The number of hydrogen-bond acceptors (Lipinski definition) is 4. The van der Waals surface area contributed by atoms with Crippen LogP contribution in [0.5, 0.6) is 0 Å². The summed E-state index contributed by atoms with van der Waals surface area (Å²) in [6.45, 7) is 5.50. The van der Waals surface area contributed by atoms with Crippen molar-refractivity contribution in [3.63, 3.8) is 0 Å². The normalized spacial score (nSPS) is 10.5. The first-order valence-electron chi connectivity index (χ1n) is 6.42. The van der Waals surface area contributed by atoms with Crippen molar-refractivity contribution >= 4 is 34.8 Å². The van der Waals surface area contributed by atoms with Gasteiger partial charge in [-0.25, -0.2) is 0 Å². The highest BCUT2D eigenvalue weighted by Gasteiger charge is 2.22. The lowest BCUT2D eigenvalue weighted by Gasteiger charge is -2.21. The summed E-state index contributed by atoms with van der Waals surface area (Å²) in [6, 6.07) is 2.47. The van der Waals surface area contributed by atoms with Crippen LogP contribution in [-0.2, 0) is 4.74 Å². The number of likely N-dealkylation sites (N-methyl/N-ethyl adjacent to an activating group) is 1. The first-order chi connectivity index (χ1) is 9.92. The van der Waals surface area contributed by atoms with Crippen molar-refractivity contribution in [1.82, 2.24) is 4.90 Å². The Kier molecular flexibility index (Phi) is 6.87. The SMILES string of the molecule is CCOCCN(CC)C(=O)c1cc(Cl)c(Cl)c([N+](=O)[O-])c1. The van der Waals surface area contributed by atoms with Gasteiger partial charge in [-0.3, -0.25) is 14.9 Å². The second-order valence-electron chi connectivity index (χ2n) is 4.13. The predicted octanol–water partition coefficient (Wildman–Crippen LogP) is 3.40. The van der Waals surface area contributed by atoms with E-state index in [1.807, 2.05) is 13.8 Å². The van der Waals surface area contributed by atoms with Crippen molar-refractivity contribution < 1.29 is 14.5 Å². The van der Waals surface area contributed by atoms with Crippen molar-refractivity contribution in [2.24, 2.45) is 0 Å². The molecular weight excluding hydrogens is 319 g/mol. The summed E-state index contributed by atoms with van der Waals surface area (Å²) in [5.41, 5.74) is -0.247. The minimum atomic E-state index is -0.665. The van der Waals surface area contributed by atoms with Gasteiger partial charge in [-0.2, -0.15) is 0 Å². The van der Waals surface area contributed by atoms with E-state index in [9.17, 15) is 14.9 Å². The number of halogens is 2. The molecule has 1 rings (SSSR count). The zero-order valence-electron chi connectivity index (χ0n) is 11.8. The highest BCUT2D eigenvalue weighted by Crippen LogP contribution is 2.33. The van der Waals surface area contributed by atoms with Gasteiger partial charge in [0.1, 0.15) is 5.02 Å². The number of rotatable bonds is 7. The predicted molar refractivity (Wildman–Crippen MR) is 81.2 cm³/mol. The van der Waals surface area contributed by atoms with Gasteiger partial charge in [0.25, 0.3) is 11.6 Å². The minimum absolute atomic E-state index is 0.0184. The molecule has 1 amide bonds. The molecule has 21 heavy (non-hydrogen) atoms. The fraction of sp³-hybridized carbons (Fsp3) is 0.462. The monoisotopic (exact) mass is 334 g/mol. The smallest absolute Gasteiger partial charge is 0.290 e. The van der Waals surface area contributed by atoms with Crippen LogP contribution < -0.4 is 0 Å². The van der Waals surface area contributed by atoms with Crippen molar-refractivity contribution in [2.45, 2.75) is 13.8 Å². The van der Waals surface area contributed by atoms with Gasteiger partial charge < -0.3 is 9.64 Å². The summed E-state index contributed by atoms with van der Waals surface area (Å²) in [6.07, 6.45) is 0. The Labute approximate surface area is 132 Å². The third-order valence-electron chi connectivity index (χ3n) is 2.83. The summed E-state index contributed by atoms with van der Waals surface area (Å²) in [5, 5.41) is 10.7. The first kappa shape index (κ1) is 17.7. The van der Waals surface area contributed by atoms with E-state index in [-0.39, 0.29) is 27.2 Å². The minimum Gasteiger partial charge on any atom is -0.380 e. The molecular formula is C13H16Cl2N2O4. The summed E-state index contributed by atoms with van der Waals surface area (Å²) in [4.78, 5) is 24.1. The zero-order valence-corrected chi connectivity index (χ0v) is 13.3. The Hall–Kier alpha value is -1.37. The molecule has 1 aromatic rings. The highest BCUT2D eigenvalue weighted by molar-refractivity contribution is 6.43. The number of hydrogen-bond donors (Lipinski definition) is 0. The fourth-order valence-corrected chi connectivity index (χ4v) is 2.13. The van der Waals surface area contributed by atoms with Crippen LogP contribution in [0.25, 0.3) is 0 Å². The lowest BCUT2D eigenvalue weighted by molar-refractivity contribution is -0.384. The third-order valence-corrected chi connectivity index (χ3v) is 3.62. The molecule has 0 N–H and O–H groups in total. The molecule has 0 heterocycles. The Balaban J connectivity index is 3.02. The van der Waals surface area contributed by atoms with E-state index in [1.165, 1.54) is 11.0 Å². The van der Waals surface area contributed by atoms with Crippen LogP contribution in [0.4, 0.5) is 5.69 Å². The first-order valence-corrected chi connectivity index (χ1v) is 7.18.